The lowest BCUT2D eigenvalue weighted by Gasteiger charge is -2.20. The van der Waals surface area contributed by atoms with Crippen LogP contribution in [0.4, 0.5) is 10.8 Å². The molecule has 0 aliphatic heterocycles. The van der Waals surface area contributed by atoms with Crippen LogP contribution in [0, 0.1) is 17.0 Å². The molecule has 7 nitrogen and oxygen atoms in total. The van der Waals surface area contributed by atoms with E-state index in [-0.39, 0.29) is 18.2 Å². The highest BCUT2D eigenvalue weighted by molar-refractivity contribution is 7.22. The van der Waals surface area contributed by atoms with Crippen LogP contribution in [-0.2, 0) is 11.3 Å². The molecule has 0 radical (unpaired) electrons. The Balaban J connectivity index is 1.57. The molecule has 0 aliphatic rings. The number of ether oxygens (including phenoxy) is 1. The molecule has 156 valence electrons. The van der Waals surface area contributed by atoms with Crippen molar-refractivity contribution in [2.45, 2.75) is 13.5 Å². The van der Waals surface area contributed by atoms with Gasteiger partial charge in [0.2, 0.25) is 0 Å². The van der Waals surface area contributed by atoms with Gasteiger partial charge < -0.3 is 4.74 Å². The molecule has 4 aromatic rings. The zero-order valence-corrected chi connectivity index (χ0v) is 17.5. The topological polar surface area (TPSA) is 85.6 Å². The van der Waals surface area contributed by atoms with E-state index in [9.17, 15) is 14.9 Å². The van der Waals surface area contributed by atoms with Crippen LogP contribution >= 0.6 is 11.3 Å². The van der Waals surface area contributed by atoms with E-state index in [0.29, 0.717) is 17.4 Å². The van der Waals surface area contributed by atoms with E-state index < -0.39 is 4.92 Å². The second-order valence-corrected chi connectivity index (χ2v) is 7.93. The van der Waals surface area contributed by atoms with Crippen molar-refractivity contribution in [2.24, 2.45) is 0 Å². The number of carbonyl (C=O) groups excluding carboxylic acids is 1. The number of non-ortho nitro benzene ring substituents is 1. The number of nitro groups is 1. The summed E-state index contributed by atoms with van der Waals surface area (Å²) in [7, 11) is 0. The molecule has 0 N–H and O–H groups in total. The maximum absolute atomic E-state index is 13.1. The van der Waals surface area contributed by atoms with Crippen molar-refractivity contribution >= 4 is 38.3 Å². The summed E-state index contributed by atoms with van der Waals surface area (Å²) in [6.07, 6.45) is 0. The number of benzene rings is 3. The molecule has 1 heterocycles. The van der Waals surface area contributed by atoms with E-state index in [4.69, 9.17) is 9.72 Å². The van der Waals surface area contributed by atoms with E-state index in [2.05, 4.69) is 0 Å². The predicted molar refractivity (Wildman–Crippen MR) is 121 cm³/mol. The number of rotatable bonds is 7. The lowest BCUT2D eigenvalue weighted by molar-refractivity contribution is -0.384. The van der Waals surface area contributed by atoms with E-state index in [1.54, 1.807) is 4.90 Å². The average molecular weight is 433 g/mol. The minimum Gasteiger partial charge on any atom is -0.484 e. The van der Waals surface area contributed by atoms with Crippen molar-refractivity contribution in [3.63, 3.8) is 0 Å². The number of hydrogen-bond donors (Lipinski definition) is 0. The number of carbonyl (C=O) groups is 1. The van der Waals surface area contributed by atoms with Gasteiger partial charge in [0.1, 0.15) is 5.75 Å². The average Bonchev–Trinajstić information content (AvgIpc) is 3.22. The highest BCUT2D eigenvalue weighted by Gasteiger charge is 2.21. The van der Waals surface area contributed by atoms with Crippen molar-refractivity contribution in [2.75, 3.05) is 11.5 Å². The monoisotopic (exact) mass is 433 g/mol. The number of nitrogens with zero attached hydrogens (tertiary/aromatic N) is 3. The fraction of sp³-hybridized carbons (Fsp3) is 0.130. The highest BCUT2D eigenvalue weighted by atomic mass is 32.1. The van der Waals surface area contributed by atoms with E-state index in [1.165, 1.54) is 35.6 Å². The van der Waals surface area contributed by atoms with E-state index >= 15 is 0 Å². The second-order valence-electron chi connectivity index (χ2n) is 6.92. The number of nitro benzene ring substituents is 1. The summed E-state index contributed by atoms with van der Waals surface area (Å²) in [5.74, 6) is 0.137. The van der Waals surface area contributed by atoms with Crippen molar-refractivity contribution in [3.05, 3.63) is 94.0 Å². The van der Waals surface area contributed by atoms with Crippen LogP contribution in [-0.4, -0.2) is 22.4 Å². The third-order valence-electron chi connectivity index (χ3n) is 4.73. The number of aromatic nitrogens is 1. The van der Waals surface area contributed by atoms with Gasteiger partial charge in [-0.25, -0.2) is 4.98 Å². The van der Waals surface area contributed by atoms with Crippen LogP contribution in [0.25, 0.3) is 10.2 Å². The van der Waals surface area contributed by atoms with Gasteiger partial charge in [-0.05, 0) is 36.2 Å². The maximum atomic E-state index is 13.1. The number of amides is 1. The predicted octanol–water partition coefficient (Wildman–Crippen LogP) is 5.13. The summed E-state index contributed by atoms with van der Waals surface area (Å²) in [6.45, 7) is 2.15. The summed E-state index contributed by atoms with van der Waals surface area (Å²) in [4.78, 5) is 29.8. The van der Waals surface area contributed by atoms with Gasteiger partial charge in [0.25, 0.3) is 11.6 Å². The van der Waals surface area contributed by atoms with Gasteiger partial charge in [-0.1, -0.05) is 53.8 Å². The molecular formula is C23H19N3O4S. The second kappa shape index (κ2) is 8.93. The molecule has 8 heteroatoms. The molecule has 0 atom stereocenters. The van der Waals surface area contributed by atoms with Gasteiger partial charge >= 0.3 is 0 Å². The number of aryl methyl sites for hydroxylation is 1. The normalized spacial score (nSPS) is 10.7. The van der Waals surface area contributed by atoms with Crippen molar-refractivity contribution in [1.82, 2.24) is 4.98 Å². The maximum Gasteiger partial charge on any atom is 0.269 e. The Hall–Kier alpha value is -3.78. The summed E-state index contributed by atoms with van der Waals surface area (Å²) < 4.78 is 6.61. The highest BCUT2D eigenvalue weighted by Crippen LogP contribution is 2.31. The molecule has 0 saturated carbocycles. The number of thiazole rings is 1. The summed E-state index contributed by atoms with van der Waals surface area (Å²) >= 11 is 1.46. The number of fused-ring (bicyclic) bond motifs is 1. The van der Waals surface area contributed by atoms with Crippen LogP contribution < -0.4 is 9.64 Å². The number of para-hydroxylation sites is 1. The Labute approximate surface area is 182 Å². The first-order valence-corrected chi connectivity index (χ1v) is 10.4. The van der Waals surface area contributed by atoms with Crippen molar-refractivity contribution in [1.29, 1.82) is 0 Å². The van der Waals surface area contributed by atoms with Gasteiger partial charge in [-0.3, -0.25) is 19.8 Å². The quantitative estimate of drug-likeness (QED) is 0.298. The van der Waals surface area contributed by atoms with Gasteiger partial charge in [0.15, 0.2) is 11.7 Å². The molecule has 1 aromatic heterocycles. The molecule has 0 spiro atoms. The first kappa shape index (κ1) is 20.5. The smallest absolute Gasteiger partial charge is 0.269 e. The Morgan fingerprint density at radius 3 is 2.48 bits per heavy atom. The molecular weight excluding hydrogens is 414 g/mol. The Morgan fingerprint density at radius 1 is 1.06 bits per heavy atom. The van der Waals surface area contributed by atoms with Crippen LogP contribution in [0.5, 0.6) is 5.75 Å². The van der Waals surface area contributed by atoms with E-state index in [1.807, 2.05) is 55.5 Å². The van der Waals surface area contributed by atoms with Gasteiger partial charge in [0, 0.05) is 12.1 Å². The summed E-state index contributed by atoms with van der Waals surface area (Å²) in [6, 6.07) is 21.3. The van der Waals surface area contributed by atoms with Crippen molar-refractivity contribution in [3.8, 4) is 5.75 Å². The molecule has 3 aromatic carbocycles. The first-order valence-electron chi connectivity index (χ1n) is 9.59. The molecule has 31 heavy (non-hydrogen) atoms. The van der Waals surface area contributed by atoms with Gasteiger partial charge in [-0.15, -0.1) is 0 Å². The standard InChI is InChI=1S/C23H19N3O4S/c1-16-6-5-9-20-22(16)24-23(31-20)25(14-17-7-3-2-4-8-17)21(27)15-30-19-12-10-18(11-13-19)26(28)29/h2-13H,14-15H2,1H3. The molecule has 0 unspecified atom stereocenters. The first-order chi connectivity index (χ1) is 15.0. The molecule has 0 fully saturated rings. The van der Waals surface area contributed by atoms with Gasteiger partial charge in [0.05, 0.1) is 21.7 Å². The molecule has 1 amide bonds. The number of anilines is 1. The largest absolute Gasteiger partial charge is 0.484 e. The Morgan fingerprint density at radius 2 is 1.81 bits per heavy atom. The minimum atomic E-state index is -0.481. The Bertz CT molecular complexity index is 1220. The van der Waals surface area contributed by atoms with E-state index in [0.717, 1.165) is 21.3 Å². The van der Waals surface area contributed by atoms with Crippen LogP contribution in [0.1, 0.15) is 11.1 Å². The minimum absolute atomic E-state index is 0.0331. The molecule has 0 saturated heterocycles. The third kappa shape index (κ3) is 4.70. The van der Waals surface area contributed by atoms with Crippen molar-refractivity contribution < 1.29 is 14.5 Å². The lowest BCUT2D eigenvalue weighted by atomic mass is 10.2. The van der Waals surface area contributed by atoms with Crippen LogP contribution in [0.2, 0.25) is 0 Å². The SMILES string of the molecule is Cc1cccc2sc(N(Cc3ccccc3)C(=O)COc3ccc([N+](=O)[O-])cc3)nc12. The van der Waals surface area contributed by atoms with Crippen LogP contribution in [0.15, 0.2) is 72.8 Å². The summed E-state index contributed by atoms with van der Waals surface area (Å²) in [5.41, 5.74) is 2.87. The zero-order chi connectivity index (χ0) is 21.8. The lowest BCUT2D eigenvalue weighted by Crippen LogP contribution is -2.34. The molecule has 0 bridgehead atoms. The number of hydrogen-bond acceptors (Lipinski definition) is 6. The third-order valence-corrected chi connectivity index (χ3v) is 5.78. The zero-order valence-electron chi connectivity index (χ0n) is 16.7. The molecule has 4 rings (SSSR count). The van der Waals surface area contributed by atoms with Crippen LogP contribution in [0.3, 0.4) is 0 Å². The fourth-order valence-electron chi connectivity index (χ4n) is 3.11. The summed E-state index contributed by atoms with van der Waals surface area (Å²) in [5, 5.41) is 11.4. The van der Waals surface area contributed by atoms with Gasteiger partial charge in [-0.2, -0.15) is 0 Å². The Kier molecular flexibility index (Phi) is 5.90. The fourth-order valence-corrected chi connectivity index (χ4v) is 4.17. The molecule has 0 aliphatic carbocycles.